The average molecular weight is 503 g/mol. The van der Waals surface area contributed by atoms with Gasteiger partial charge in [-0.1, -0.05) is 17.7 Å². The normalized spacial score (nSPS) is 23.6. The van der Waals surface area contributed by atoms with Crippen LogP contribution >= 0.6 is 11.8 Å². The van der Waals surface area contributed by atoms with Crippen molar-refractivity contribution < 1.29 is 36.8 Å². The molecule has 2 aliphatic rings. The molecule has 0 aliphatic carbocycles. The number of ether oxygens (including phenoxy) is 2. The second-order valence-electron chi connectivity index (χ2n) is 9.34. The van der Waals surface area contributed by atoms with Gasteiger partial charge in [0.25, 0.3) is 10.1 Å². The van der Waals surface area contributed by atoms with Gasteiger partial charge in [-0.25, -0.2) is 4.79 Å². The largest absolute Gasteiger partial charge is 0.427 e. The lowest BCUT2D eigenvalue weighted by Gasteiger charge is -2.41. The summed E-state index contributed by atoms with van der Waals surface area (Å²) < 4.78 is 39.0. The van der Waals surface area contributed by atoms with Crippen LogP contribution in [-0.4, -0.2) is 64.7 Å². The molecule has 2 aliphatic heterocycles. The third-order valence-electron chi connectivity index (χ3n) is 5.03. The molecule has 0 spiro atoms. The molecule has 0 bridgehead atoms. The third-order valence-corrected chi connectivity index (χ3v) is 7.49. The van der Waals surface area contributed by atoms with Crippen molar-refractivity contribution in [2.45, 2.75) is 68.6 Å². The molecule has 184 valence electrons. The number of fused-ring (bicyclic) bond motifs is 1. The maximum absolute atomic E-state index is 12.3. The lowest BCUT2D eigenvalue weighted by molar-refractivity contribution is -0.179. The number of β-lactam (4-membered cyclic amide) rings is 1. The minimum atomic E-state index is -4.02. The summed E-state index contributed by atoms with van der Waals surface area (Å²) in [6, 6.07) is 4.70. The summed E-state index contributed by atoms with van der Waals surface area (Å²) in [6.45, 7) is 10.2. The molecule has 2 fully saturated rings. The van der Waals surface area contributed by atoms with Gasteiger partial charge < -0.3 is 20.1 Å². The fourth-order valence-corrected chi connectivity index (χ4v) is 5.21. The molecule has 0 radical (unpaired) electrons. The Morgan fingerprint density at radius 3 is 2.21 bits per heavy atom. The van der Waals surface area contributed by atoms with Crippen LogP contribution in [0.4, 0.5) is 0 Å². The average Bonchev–Trinajstić information content (AvgIpc) is 2.95. The van der Waals surface area contributed by atoms with Crippen molar-refractivity contribution in [3.05, 3.63) is 29.8 Å². The first kappa shape index (κ1) is 27.1. The van der Waals surface area contributed by atoms with Gasteiger partial charge in [0.05, 0.1) is 10.3 Å². The molecule has 3 N–H and O–H groups in total. The molecular weight excluding hydrogens is 472 g/mol. The maximum Gasteiger partial charge on any atom is 0.333 e. The van der Waals surface area contributed by atoms with E-state index in [-0.39, 0.29) is 16.2 Å². The maximum atomic E-state index is 12.3. The highest BCUT2D eigenvalue weighted by Gasteiger charge is 2.63. The first-order chi connectivity index (χ1) is 15.0. The number of thioether (sulfide) groups is 1. The molecule has 12 heteroatoms. The number of hydrogen-bond donors (Lipinski definition) is 2. The summed E-state index contributed by atoms with van der Waals surface area (Å²) >= 11 is 1.48. The second kappa shape index (κ2) is 9.61. The molecule has 0 saturated carbocycles. The molecule has 1 aromatic carbocycles. The summed E-state index contributed by atoms with van der Waals surface area (Å²) in [6.07, 6.45) is 0. The standard InChI is InChI=1S/C14H22N2O5S.C7H8O3S/c1-13(2,3)12(19)21-6-20-11(18)8-14(4,5)22-10-7(15)9(17)16(8)10;1-6-2-4-7(5-3-6)11(8,9)10/h7-8,10H,6,15H2,1-5H3;2-5H,1H3,(H,8,9,10)/t7?,8-,10+;/m0./s1. The Kier molecular flexibility index (Phi) is 7.89. The number of amides is 1. The van der Waals surface area contributed by atoms with Crippen molar-refractivity contribution in [2.24, 2.45) is 11.1 Å². The van der Waals surface area contributed by atoms with Gasteiger partial charge >= 0.3 is 11.9 Å². The monoisotopic (exact) mass is 502 g/mol. The minimum Gasteiger partial charge on any atom is -0.427 e. The predicted octanol–water partition coefficient (Wildman–Crippen LogP) is 1.71. The molecule has 1 amide bonds. The van der Waals surface area contributed by atoms with Crippen LogP contribution in [-0.2, 0) is 34.0 Å². The molecule has 33 heavy (non-hydrogen) atoms. The van der Waals surface area contributed by atoms with Crippen LogP contribution in [0.5, 0.6) is 0 Å². The van der Waals surface area contributed by atoms with Crippen molar-refractivity contribution in [1.82, 2.24) is 4.90 Å². The number of carbonyl (C=O) groups is 3. The quantitative estimate of drug-likeness (QED) is 0.269. The highest BCUT2D eigenvalue weighted by Crippen LogP contribution is 2.50. The summed E-state index contributed by atoms with van der Waals surface area (Å²) in [4.78, 5) is 37.1. The molecule has 3 atom stereocenters. The van der Waals surface area contributed by atoms with Gasteiger partial charge in [-0.2, -0.15) is 8.42 Å². The Labute approximate surface area is 197 Å². The van der Waals surface area contributed by atoms with Crippen molar-refractivity contribution in [2.75, 3.05) is 6.79 Å². The van der Waals surface area contributed by atoms with E-state index in [4.69, 9.17) is 19.8 Å². The molecule has 2 heterocycles. The summed E-state index contributed by atoms with van der Waals surface area (Å²) in [5.74, 6) is -1.29. The molecule has 2 saturated heterocycles. The zero-order valence-electron chi connectivity index (χ0n) is 19.4. The van der Waals surface area contributed by atoms with Crippen molar-refractivity contribution in [3.8, 4) is 0 Å². The van der Waals surface area contributed by atoms with E-state index < -0.39 is 51.1 Å². The van der Waals surface area contributed by atoms with Crippen LogP contribution in [0.2, 0.25) is 0 Å². The van der Waals surface area contributed by atoms with E-state index in [1.54, 1.807) is 32.9 Å². The van der Waals surface area contributed by atoms with Gasteiger partial charge in [0, 0.05) is 4.75 Å². The molecule has 3 rings (SSSR count). The highest BCUT2D eigenvalue weighted by molar-refractivity contribution is 8.01. The van der Waals surface area contributed by atoms with Crippen molar-refractivity contribution in [1.29, 1.82) is 0 Å². The third kappa shape index (κ3) is 6.25. The van der Waals surface area contributed by atoms with E-state index in [1.807, 2.05) is 20.8 Å². The van der Waals surface area contributed by atoms with E-state index in [9.17, 15) is 22.8 Å². The summed E-state index contributed by atoms with van der Waals surface area (Å²) in [7, 11) is -4.02. The fraction of sp³-hybridized carbons (Fsp3) is 0.571. The number of hydrogen-bond acceptors (Lipinski definition) is 9. The Morgan fingerprint density at radius 2 is 1.73 bits per heavy atom. The topological polar surface area (TPSA) is 153 Å². The van der Waals surface area contributed by atoms with Crippen LogP contribution in [0.25, 0.3) is 0 Å². The molecular formula is C21H30N2O8S2. The molecule has 10 nitrogen and oxygen atoms in total. The number of nitrogens with two attached hydrogens (primary N) is 1. The van der Waals surface area contributed by atoms with E-state index >= 15 is 0 Å². The van der Waals surface area contributed by atoms with E-state index in [0.29, 0.717) is 0 Å². The van der Waals surface area contributed by atoms with Crippen LogP contribution in [0.1, 0.15) is 40.2 Å². The summed E-state index contributed by atoms with van der Waals surface area (Å²) in [5.41, 5.74) is 6.03. The van der Waals surface area contributed by atoms with Gasteiger partial charge in [0.2, 0.25) is 12.7 Å². The molecule has 0 aromatic heterocycles. The van der Waals surface area contributed by atoms with Gasteiger partial charge in [-0.05, 0) is 53.7 Å². The van der Waals surface area contributed by atoms with Crippen LogP contribution in [0.15, 0.2) is 29.2 Å². The van der Waals surface area contributed by atoms with E-state index in [1.165, 1.54) is 28.8 Å². The van der Waals surface area contributed by atoms with E-state index in [0.717, 1.165) is 5.56 Å². The number of nitrogens with zero attached hydrogens (tertiary/aromatic N) is 1. The predicted molar refractivity (Wildman–Crippen MR) is 122 cm³/mol. The number of benzene rings is 1. The molecule has 1 unspecified atom stereocenters. The Bertz CT molecular complexity index is 1020. The zero-order chi connectivity index (χ0) is 25.4. The number of esters is 2. The minimum absolute atomic E-state index is 0.0666. The first-order valence-electron chi connectivity index (χ1n) is 10.1. The summed E-state index contributed by atoms with van der Waals surface area (Å²) in [5, 5.41) is -0.197. The van der Waals surface area contributed by atoms with Gasteiger partial charge in [0.15, 0.2) is 0 Å². The number of rotatable bonds is 4. The van der Waals surface area contributed by atoms with Crippen molar-refractivity contribution >= 4 is 39.7 Å². The SMILES string of the molecule is CC(C)(C)C(=O)OCOC(=O)[C@@H]1N2C(=O)C(N)[C@H]2SC1(C)C.Cc1ccc(S(=O)(=O)O)cc1. The van der Waals surface area contributed by atoms with Crippen LogP contribution in [0.3, 0.4) is 0 Å². The van der Waals surface area contributed by atoms with Crippen LogP contribution in [0, 0.1) is 12.3 Å². The Morgan fingerprint density at radius 1 is 1.18 bits per heavy atom. The lowest BCUT2D eigenvalue weighted by atomic mass is 9.96. The van der Waals surface area contributed by atoms with Crippen molar-refractivity contribution in [3.63, 3.8) is 0 Å². The molecule has 1 aromatic rings. The number of aryl methyl sites for hydroxylation is 1. The van der Waals surface area contributed by atoms with Gasteiger partial charge in [-0.15, -0.1) is 11.8 Å². The smallest absolute Gasteiger partial charge is 0.333 e. The fourth-order valence-electron chi connectivity index (χ4n) is 3.17. The zero-order valence-corrected chi connectivity index (χ0v) is 21.0. The van der Waals surface area contributed by atoms with Gasteiger partial charge in [0.1, 0.15) is 17.5 Å². The Hall–Kier alpha value is -2.15. The second-order valence-corrected chi connectivity index (χ2v) is 12.5. The van der Waals surface area contributed by atoms with Gasteiger partial charge in [-0.3, -0.25) is 14.1 Å². The first-order valence-corrected chi connectivity index (χ1v) is 12.4. The highest BCUT2D eigenvalue weighted by atomic mass is 32.2. The van der Waals surface area contributed by atoms with Crippen LogP contribution < -0.4 is 5.73 Å². The number of carbonyl (C=O) groups excluding carboxylic acids is 3. The Balaban J connectivity index is 0.000000294. The lowest BCUT2D eigenvalue weighted by Crippen LogP contribution is -2.68. The van der Waals surface area contributed by atoms with E-state index in [2.05, 4.69) is 0 Å².